The summed E-state index contributed by atoms with van der Waals surface area (Å²) in [5.41, 5.74) is 2.67. The van der Waals surface area contributed by atoms with Gasteiger partial charge in [0, 0.05) is 29.5 Å². The average Bonchev–Trinajstić information content (AvgIpc) is 3.35. The minimum absolute atomic E-state index is 0.0191. The van der Waals surface area contributed by atoms with Gasteiger partial charge in [0.1, 0.15) is 10.5 Å². The van der Waals surface area contributed by atoms with Crippen LogP contribution in [-0.4, -0.2) is 25.1 Å². The molecule has 0 aliphatic rings. The highest BCUT2D eigenvalue weighted by Crippen LogP contribution is 2.22. The molecule has 7 nitrogen and oxygen atoms in total. The van der Waals surface area contributed by atoms with Gasteiger partial charge < -0.3 is 5.32 Å². The van der Waals surface area contributed by atoms with Crippen LogP contribution in [0.2, 0.25) is 0 Å². The van der Waals surface area contributed by atoms with E-state index >= 15 is 0 Å². The first-order valence-electron chi connectivity index (χ1n) is 10.2. The molecule has 0 saturated carbocycles. The van der Waals surface area contributed by atoms with E-state index in [-0.39, 0.29) is 11.5 Å². The van der Waals surface area contributed by atoms with Crippen LogP contribution in [0.15, 0.2) is 38.9 Å². The lowest BCUT2D eigenvalue weighted by Crippen LogP contribution is -2.24. The first-order chi connectivity index (χ1) is 14.8. The van der Waals surface area contributed by atoms with Crippen molar-refractivity contribution in [2.24, 2.45) is 5.92 Å². The molecule has 9 heteroatoms. The number of carbonyl (C=O) groups excluding carboxylic acids is 1. The number of nitrogens with zero attached hydrogens (tertiary/aromatic N) is 4. The fourth-order valence-corrected chi connectivity index (χ4v) is 4.70. The summed E-state index contributed by atoms with van der Waals surface area (Å²) in [5.74, 6) is 1.61. The standard InChI is InChI=1S/C22H24BrN5O2S/c1-13(2)12-27-21(30)20-17(9-10-31-20)28-18(25-26-22(27)28)5-4-6-19(29)24-15-7-8-16(23)14(3)11-15/h7-11,13H,4-6,12H2,1-3H3,(H,24,29). The molecule has 31 heavy (non-hydrogen) atoms. The highest BCUT2D eigenvalue weighted by atomic mass is 79.9. The van der Waals surface area contributed by atoms with Gasteiger partial charge in [-0.25, -0.2) is 0 Å². The Kier molecular flexibility index (Phi) is 6.24. The molecule has 0 fully saturated rings. The Balaban J connectivity index is 1.52. The molecule has 1 amide bonds. The molecule has 0 atom stereocenters. The summed E-state index contributed by atoms with van der Waals surface area (Å²) in [6, 6.07) is 7.68. The van der Waals surface area contributed by atoms with Crippen molar-refractivity contribution in [1.29, 1.82) is 0 Å². The summed E-state index contributed by atoms with van der Waals surface area (Å²) in [4.78, 5) is 25.3. The van der Waals surface area contributed by atoms with Crippen molar-refractivity contribution in [1.82, 2.24) is 19.2 Å². The second-order valence-electron chi connectivity index (χ2n) is 8.06. The molecule has 1 N–H and O–H groups in total. The molecule has 0 aliphatic carbocycles. The van der Waals surface area contributed by atoms with E-state index in [9.17, 15) is 9.59 Å². The Morgan fingerprint density at radius 3 is 2.81 bits per heavy atom. The van der Waals surface area contributed by atoms with Crippen LogP contribution >= 0.6 is 27.3 Å². The fraction of sp³-hybridized carbons (Fsp3) is 0.364. The highest BCUT2D eigenvalue weighted by Gasteiger charge is 2.18. The number of fused-ring (bicyclic) bond motifs is 3. The average molecular weight is 502 g/mol. The SMILES string of the molecule is Cc1cc(NC(=O)CCCc2nnc3n(CC(C)C)c(=O)c4sccc4n23)ccc1Br. The molecular weight excluding hydrogens is 478 g/mol. The number of benzene rings is 1. The maximum absolute atomic E-state index is 12.9. The highest BCUT2D eigenvalue weighted by molar-refractivity contribution is 9.10. The van der Waals surface area contributed by atoms with Gasteiger partial charge in [-0.2, -0.15) is 0 Å². The number of halogens is 1. The Morgan fingerprint density at radius 1 is 1.26 bits per heavy atom. The van der Waals surface area contributed by atoms with Gasteiger partial charge in [-0.05, 0) is 54.5 Å². The molecule has 4 aromatic rings. The van der Waals surface area contributed by atoms with Crippen molar-refractivity contribution in [3.8, 4) is 0 Å². The van der Waals surface area contributed by atoms with Crippen molar-refractivity contribution in [2.75, 3.05) is 5.32 Å². The van der Waals surface area contributed by atoms with Gasteiger partial charge in [0.05, 0.1) is 5.52 Å². The molecule has 4 rings (SSSR count). The minimum Gasteiger partial charge on any atom is -0.326 e. The van der Waals surface area contributed by atoms with Crippen LogP contribution in [0.4, 0.5) is 5.69 Å². The Bertz CT molecular complexity index is 1320. The second kappa shape index (κ2) is 8.92. The Morgan fingerprint density at radius 2 is 2.06 bits per heavy atom. The Hall–Kier alpha value is -2.52. The number of carbonyl (C=O) groups is 1. The third-order valence-electron chi connectivity index (χ3n) is 5.07. The summed E-state index contributed by atoms with van der Waals surface area (Å²) in [5, 5.41) is 13.5. The van der Waals surface area contributed by atoms with E-state index < -0.39 is 0 Å². The summed E-state index contributed by atoms with van der Waals surface area (Å²) in [7, 11) is 0. The number of hydrogen-bond acceptors (Lipinski definition) is 5. The number of amides is 1. The molecule has 162 valence electrons. The van der Waals surface area contributed by atoms with E-state index in [2.05, 4.69) is 45.3 Å². The number of nitrogens with one attached hydrogen (secondary N) is 1. The molecule has 3 aromatic heterocycles. The van der Waals surface area contributed by atoms with Gasteiger partial charge in [0.2, 0.25) is 11.7 Å². The van der Waals surface area contributed by atoms with Crippen LogP contribution < -0.4 is 10.9 Å². The monoisotopic (exact) mass is 501 g/mol. The summed E-state index contributed by atoms with van der Waals surface area (Å²) < 4.78 is 5.39. The zero-order valence-corrected chi connectivity index (χ0v) is 20.1. The number of thiophene rings is 1. The van der Waals surface area contributed by atoms with Gasteiger partial charge >= 0.3 is 0 Å². The first-order valence-corrected chi connectivity index (χ1v) is 11.9. The van der Waals surface area contributed by atoms with Crippen LogP contribution in [-0.2, 0) is 17.8 Å². The van der Waals surface area contributed by atoms with Gasteiger partial charge in [-0.15, -0.1) is 21.5 Å². The van der Waals surface area contributed by atoms with Gasteiger partial charge in [0.15, 0.2) is 0 Å². The third-order valence-corrected chi connectivity index (χ3v) is 6.85. The lowest BCUT2D eigenvalue weighted by Gasteiger charge is -2.11. The molecule has 0 saturated heterocycles. The lowest BCUT2D eigenvalue weighted by molar-refractivity contribution is -0.116. The van der Waals surface area contributed by atoms with Gasteiger partial charge in [-0.3, -0.25) is 18.6 Å². The van der Waals surface area contributed by atoms with E-state index in [1.807, 2.05) is 41.0 Å². The Labute approximate surface area is 192 Å². The van der Waals surface area contributed by atoms with Crippen molar-refractivity contribution in [3.05, 3.63) is 55.9 Å². The van der Waals surface area contributed by atoms with Crippen molar-refractivity contribution < 1.29 is 4.79 Å². The maximum Gasteiger partial charge on any atom is 0.272 e. The predicted molar refractivity (Wildman–Crippen MR) is 128 cm³/mol. The fourth-order valence-electron chi connectivity index (χ4n) is 3.63. The largest absolute Gasteiger partial charge is 0.326 e. The molecule has 0 spiro atoms. The summed E-state index contributed by atoms with van der Waals surface area (Å²) >= 11 is 4.90. The molecule has 0 radical (unpaired) electrons. The number of rotatable bonds is 7. The molecular formula is C22H24BrN5O2S. The maximum atomic E-state index is 12.9. The quantitative estimate of drug-likeness (QED) is 0.394. The topological polar surface area (TPSA) is 81.3 Å². The number of aryl methyl sites for hydroxylation is 2. The van der Waals surface area contributed by atoms with Crippen molar-refractivity contribution in [3.63, 3.8) is 0 Å². The van der Waals surface area contributed by atoms with Crippen LogP contribution in [0.1, 0.15) is 38.1 Å². The number of hydrogen-bond donors (Lipinski definition) is 1. The smallest absolute Gasteiger partial charge is 0.272 e. The summed E-state index contributed by atoms with van der Waals surface area (Å²) in [6.45, 7) is 6.72. The third kappa shape index (κ3) is 4.43. The van der Waals surface area contributed by atoms with Crippen molar-refractivity contribution in [2.45, 2.75) is 46.6 Å². The van der Waals surface area contributed by atoms with E-state index in [0.29, 0.717) is 42.2 Å². The van der Waals surface area contributed by atoms with E-state index in [1.165, 1.54) is 11.3 Å². The van der Waals surface area contributed by atoms with Gasteiger partial charge in [-0.1, -0.05) is 29.8 Å². The summed E-state index contributed by atoms with van der Waals surface area (Å²) in [6.07, 6.45) is 1.61. The van der Waals surface area contributed by atoms with E-state index in [1.54, 1.807) is 4.57 Å². The van der Waals surface area contributed by atoms with Crippen LogP contribution in [0.25, 0.3) is 16.0 Å². The number of aromatic nitrogens is 4. The zero-order chi connectivity index (χ0) is 22.1. The lowest BCUT2D eigenvalue weighted by atomic mass is 10.2. The molecule has 0 aliphatic heterocycles. The molecule has 0 bridgehead atoms. The molecule has 3 heterocycles. The minimum atomic E-state index is -0.0343. The van der Waals surface area contributed by atoms with E-state index in [0.717, 1.165) is 27.1 Å². The molecule has 0 unspecified atom stereocenters. The second-order valence-corrected chi connectivity index (χ2v) is 9.83. The number of anilines is 1. The first kappa shape index (κ1) is 21.7. The van der Waals surface area contributed by atoms with Crippen LogP contribution in [0.5, 0.6) is 0 Å². The van der Waals surface area contributed by atoms with Crippen LogP contribution in [0, 0.1) is 12.8 Å². The van der Waals surface area contributed by atoms with Crippen LogP contribution in [0.3, 0.4) is 0 Å². The van der Waals surface area contributed by atoms with E-state index in [4.69, 9.17) is 0 Å². The zero-order valence-electron chi connectivity index (χ0n) is 17.7. The van der Waals surface area contributed by atoms with Crippen molar-refractivity contribution >= 4 is 54.9 Å². The normalized spacial score (nSPS) is 11.6. The molecule has 1 aromatic carbocycles. The predicted octanol–water partition coefficient (Wildman–Crippen LogP) is 4.79. The van der Waals surface area contributed by atoms with Gasteiger partial charge in [0.25, 0.3) is 5.56 Å².